The normalized spacial score (nSPS) is 12.2. The summed E-state index contributed by atoms with van der Waals surface area (Å²) in [5.41, 5.74) is 11.2. The van der Waals surface area contributed by atoms with Crippen LogP contribution in [0.15, 0.2) is 48.6 Å². The zero-order valence-corrected chi connectivity index (χ0v) is 32.2. The Labute approximate surface area is 334 Å². The molecule has 0 aliphatic heterocycles. The summed E-state index contributed by atoms with van der Waals surface area (Å²) < 4.78 is 21.3. The highest BCUT2D eigenvalue weighted by Crippen LogP contribution is 2.30. The van der Waals surface area contributed by atoms with Crippen molar-refractivity contribution in [3.63, 3.8) is 0 Å². The lowest BCUT2D eigenvalue weighted by Crippen LogP contribution is -2.45. The zero-order valence-electron chi connectivity index (χ0n) is 29.2. The van der Waals surface area contributed by atoms with Gasteiger partial charge in [0.15, 0.2) is 44.2 Å². The topological polar surface area (TPSA) is 250 Å². The minimum absolute atomic E-state index is 0.0455. The molecule has 2 atom stereocenters. The highest BCUT2D eigenvalue weighted by molar-refractivity contribution is 6.54. The van der Waals surface area contributed by atoms with Gasteiger partial charge in [-0.3, -0.25) is 28.8 Å². The fourth-order valence-corrected chi connectivity index (χ4v) is 4.56. The summed E-state index contributed by atoms with van der Waals surface area (Å²) in [7, 11) is 2.60. The van der Waals surface area contributed by atoms with E-state index in [1.165, 1.54) is 74.9 Å². The van der Waals surface area contributed by atoms with Gasteiger partial charge in [-0.1, -0.05) is 70.7 Å². The highest BCUT2D eigenvalue weighted by Gasteiger charge is 2.28. The molecule has 55 heavy (non-hydrogen) atoms. The number of alkyl halides is 4. The first kappa shape index (κ1) is 46.0. The number of ether oxygens (including phenoxy) is 4. The van der Waals surface area contributed by atoms with E-state index in [1.807, 2.05) is 0 Å². The van der Waals surface area contributed by atoms with Crippen molar-refractivity contribution < 1.29 is 57.3 Å². The van der Waals surface area contributed by atoms with Gasteiger partial charge >= 0.3 is 11.9 Å². The number of hydrogen-bond donors (Lipinski definition) is 4. The van der Waals surface area contributed by atoms with E-state index in [0.717, 1.165) is 0 Å². The molecular weight excluding hydrogens is 810 g/mol. The summed E-state index contributed by atoms with van der Waals surface area (Å²) in [6.07, 6.45) is 3.80. The van der Waals surface area contributed by atoms with Gasteiger partial charge in [-0.25, -0.2) is 9.59 Å². The second-order valence-corrected chi connectivity index (χ2v) is 13.4. The van der Waals surface area contributed by atoms with Crippen LogP contribution in [0.4, 0.5) is 0 Å². The molecule has 0 aliphatic rings. The predicted octanol–water partition coefficient (Wildman–Crippen LogP) is 2.88. The molecule has 296 valence electrons. The number of halogens is 4. The third-order valence-corrected chi connectivity index (χ3v) is 7.82. The molecule has 6 N–H and O–H groups in total. The molecular formula is C35H36Cl4N4O12. The third kappa shape index (κ3) is 16.4. The average molecular weight is 847 g/mol. The number of nitrogens with two attached hydrogens (primary N) is 2. The van der Waals surface area contributed by atoms with Crippen LogP contribution in [0.3, 0.4) is 0 Å². The molecule has 16 nitrogen and oxygen atoms in total. The van der Waals surface area contributed by atoms with Crippen LogP contribution >= 0.6 is 46.4 Å². The van der Waals surface area contributed by atoms with Gasteiger partial charge in [0.2, 0.25) is 11.8 Å². The number of amides is 4. The molecule has 0 aromatic heterocycles. The molecule has 0 saturated carbocycles. The van der Waals surface area contributed by atoms with Crippen LogP contribution in [-0.2, 0) is 38.4 Å². The zero-order chi connectivity index (χ0) is 41.2. The minimum Gasteiger partial charge on any atom is -0.493 e. The molecule has 0 unspecified atom stereocenters. The van der Waals surface area contributed by atoms with Crippen molar-refractivity contribution in [2.24, 2.45) is 11.5 Å². The summed E-state index contributed by atoms with van der Waals surface area (Å²) in [4.78, 5) is 94.1. The number of benzene rings is 2. The maximum absolute atomic E-state index is 12.8. The Morgan fingerprint density at radius 3 is 1.29 bits per heavy atom. The van der Waals surface area contributed by atoms with E-state index in [2.05, 4.69) is 10.6 Å². The monoisotopic (exact) mass is 844 g/mol. The van der Waals surface area contributed by atoms with Gasteiger partial charge in [-0.2, -0.15) is 0 Å². The molecule has 0 spiro atoms. The van der Waals surface area contributed by atoms with Gasteiger partial charge in [0, 0.05) is 12.8 Å². The Morgan fingerprint density at radius 2 is 0.982 bits per heavy atom. The van der Waals surface area contributed by atoms with Crippen molar-refractivity contribution in [1.82, 2.24) is 10.6 Å². The summed E-state index contributed by atoms with van der Waals surface area (Å²) in [6.45, 7) is 0. The number of rotatable bonds is 22. The van der Waals surface area contributed by atoms with Crippen LogP contribution in [0.1, 0.15) is 43.2 Å². The molecule has 20 heteroatoms. The SMILES string of the molecule is COc1cc(/C=C/C(=O)CC(=O)/C=C/c2ccc(OC(=O)[C@H](CCC(N)=O)NC(=O)C(Cl)Cl)c(OC)c2)ccc1OC(=O)[C@H](CCC(N)=O)NC(=O)C(Cl)Cl. The van der Waals surface area contributed by atoms with Crippen LogP contribution in [0.5, 0.6) is 23.0 Å². The lowest BCUT2D eigenvalue weighted by molar-refractivity contribution is -0.140. The molecule has 0 fully saturated rings. The number of hydrogen-bond acceptors (Lipinski definition) is 12. The Morgan fingerprint density at radius 1 is 0.618 bits per heavy atom. The number of nitrogens with one attached hydrogen (secondary N) is 2. The third-order valence-electron chi connectivity index (χ3n) is 7.03. The Kier molecular flexibility index (Phi) is 19.2. The first-order valence-electron chi connectivity index (χ1n) is 15.9. The van der Waals surface area contributed by atoms with E-state index < -0.39 is 75.3 Å². The van der Waals surface area contributed by atoms with Gasteiger partial charge in [0.05, 0.1) is 20.6 Å². The molecule has 0 radical (unpaired) electrons. The molecule has 4 amide bonds. The molecule has 2 rings (SSSR count). The fourth-order valence-electron chi connectivity index (χ4n) is 4.31. The van der Waals surface area contributed by atoms with Crippen LogP contribution in [-0.4, -0.2) is 83.1 Å². The number of carbonyl (C=O) groups excluding carboxylic acids is 8. The van der Waals surface area contributed by atoms with Crippen LogP contribution in [0.25, 0.3) is 12.2 Å². The number of esters is 2. The maximum Gasteiger partial charge on any atom is 0.334 e. The number of ketones is 2. The van der Waals surface area contributed by atoms with Crippen molar-refractivity contribution in [1.29, 1.82) is 0 Å². The van der Waals surface area contributed by atoms with Crippen molar-refractivity contribution in [2.75, 3.05) is 14.2 Å². The molecule has 0 heterocycles. The Hall–Kier alpha value is -5.16. The van der Waals surface area contributed by atoms with Gasteiger partial charge in [0.25, 0.3) is 11.8 Å². The second kappa shape index (κ2) is 22.9. The lowest BCUT2D eigenvalue weighted by atomic mass is 10.1. The maximum atomic E-state index is 12.8. The number of allylic oxidation sites excluding steroid dienone is 2. The second-order valence-electron chi connectivity index (χ2n) is 11.2. The van der Waals surface area contributed by atoms with Crippen LogP contribution in [0.2, 0.25) is 0 Å². The van der Waals surface area contributed by atoms with Gasteiger partial charge in [-0.15, -0.1) is 0 Å². The van der Waals surface area contributed by atoms with E-state index in [-0.39, 0.29) is 48.7 Å². The van der Waals surface area contributed by atoms with E-state index in [0.29, 0.717) is 11.1 Å². The fraction of sp³-hybridized carbons (Fsp3) is 0.314. The molecule has 2 aromatic carbocycles. The first-order chi connectivity index (χ1) is 25.9. The molecule has 0 bridgehead atoms. The van der Waals surface area contributed by atoms with Gasteiger partial charge in [0.1, 0.15) is 12.1 Å². The molecule has 0 saturated heterocycles. The number of primary amides is 2. The highest BCUT2D eigenvalue weighted by atomic mass is 35.5. The van der Waals surface area contributed by atoms with E-state index in [1.54, 1.807) is 0 Å². The number of methoxy groups -OCH3 is 2. The Balaban J connectivity index is 2.07. The summed E-state index contributed by atoms with van der Waals surface area (Å²) in [6, 6.07) is 5.98. The average Bonchev–Trinajstić information content (AvgIpc) is 3.13. The smallest absolute Gasteiger partial charge is 0.334 e. The largest absolute Gasteiger partial charge is 0.493 e. The van der Waals surface area contributed by atoms with Crippen molar-refractivity contribution in [3.05, 3.63) is 59.7 Å². The predicted molar refractivity (Wildman–Crippen MR) is 202 cm³/mol. The van der Waals surface area contributed by atoms with Crippen LogP contribution < -0.4 is 41.0 Å². The van der Waals surface area contributed by atoms with Crippen molar-refractivity contribution in [2.45, 2.75) is 53.9 Å². The summed E-state index contributed by atoms with van der Waals surface area (Å²) in [5.74, 6) is -6.12. The quantitative estimate of drug-likeness (QED) is 0.0439. The van der Waals surface area contributed by atoms with Gasteiger partial charge < -0.3 is 41.0 Å². The summed E-state index contributed by atoms with van der Waals surface area (Å²) >= 11 is 22.2. The minimum atomic E-state index is -1.48. The molecule has 2 aromatic rings. The molecule has 0 aliphatic carbocycles. The number of carbonyl (C=O) groups is 8. The Bertz CT molecular complexity index is 1700. The first-order valence-corrected chi connectivity index (χ1v) is 17.6. The van der Waals surface area contributed by atoms with E-state index >= 15 is 0 Å². The van der Waals surface area contributed by atoms with Crippen molar-refractivity contribution >= 4 is 106 Å². The van der Waals surface area contributed by atoms with E-state index in [9.17, 15) is 38.4 Å². The van der Waals surface area contributed by atoms with Gasteiger partial charge in [-0.05, 0) is 60.4 Å². The van der Waals surface area contributed by atoms with Crippen LogP contribution in [0, 0.1) is 0 Å². The summed E-state index contributed by atoms with van der Waals surface area (Å²) in [5, 5.41) is 4.56. The van der Waals surface area contributed by atoms with Crippen molar-refractivity contribution in [3.8, 4) is 23.0 Å². The van der Waals surface area contributed by atoms with E-state index in [4.69, 9.17) is 76.8 Å². The lowest BCUT2D eigenvalue weighted by Gasteiger charge is -2.18. The standard InChI is InChI=1S/C35H36Cl4N4O12/c1-52-26-15-18(5-11-24(26)54-34(50)22(9-13-28(40)46)42-32(48)30(36)37)3-7-20(44)17-21(45)8-4-19-6-12-25(27(16-19)53-2)55-35(51)23(10-14-29(41)47)43-33(49)31(38)39/h3-8,11-12,15-16,22-23,30-31H,9-10,13-14,17H2,1-2H3,(H2,40,46)(H2,41,47)(H,42,48)(H,43,49)/b7-3+,8-4+/t22-,23-/m0/s1.